The Balaban J connectivity index is 1.36. The molecule has 0 spiro atoms. The molecule has 284 valence electrons. The molecule has 1 fully saturated rings. The molecule has 2 aliphatic rings. The van der Waals surface area contributed by atoms with E-state index < -0.39 is 23.2 Å². The fourth-order valence-corrected chi connectivity index (χ4v) is 7.41. The van der Waals surface area contributed by atoms with E-state index in [0.717, 1.165) is 16.7 Å². The number of ketones is 1. The Morgan fingerprint density at radius 1 is 1.00 bits per heavy atom. The Hall–Kier alpha value is -4.97. The second-order valence-corrected chi connectivity index (χ2v) is 14.9. The summed E-state index contributed by atoms with van der Waals surface area (Å²) in [5, 5.41) is 35.7. The summed E-state index contributed by atoms with van der Waals surface area (Å²) < 4.78 is 23.8. The normalized spacial score (nSPS) is 21.8. The van der Waals surface area contributed by atoms with E-state index in [1.54, 1.807) is 50.8 Å². The molecule has 7 N–H and O–H groups in total. The highest BCUT2D eigenvalue weighted by molar-refractivity contribution is 5.97. The molecule has 3 aromatic carbocycles. The first-order chi connectivity index (χ1) is 25.2. The summed E-state index contributed by atoms with van der Waals surface area (Å²) in [4.78, 5) is 12.6. The molecular formula is C42H53N3O8. The molecule has 1 saturated carbocycles. The summed E-state index contributed by atoms with van der Waals surface area (Å²) in [6.45, 7) is 10.0. The second-order valence-electron chi connectivity index (χ2n) is 14.9. The van der Waals surface area contributed by atoms with Crippen LogP contribution in [0.1, 0.15) is 73.7 Å². The van der Waals surface area contributed by atoms with Crippen molar-refractivity contribution >= 4 is 17.9 Å². The van der Waals surface area contributed by atoms with E-state index in [9.17, 15) is 20.1 Å². The fraction of sp³-hybridized carbons (Fsp3) is 0.405. The minimum absolute atomic E-state index is 0.0405. The standard InChI is InChI=1S/C42H53N3O8/c1-25(2)8-15-32-33(46)17-27(18-36(32)52-24-30(45-43)22-44-23-35(48)28-11-13-31(50-6)14-12-28)10-9-26-16-29-20-38-41(3,4)40(49)34(47)21-42(38,5)53-39(29)37(19-26)51-7/h8-14,16-19,22,34,38,40,44-47,49H,15,20-21,23-24,43H2,1-7H3/b10-9+,30-22-/t34-,38-,40-,42-/m1/s1. The number of aliphatic hydroxyl groups excluding tert-OH is 2. The highest BCUT2D eigenvalue weighted by Gasteiger charge is 2.58. The first-order valence-electron chi connectivity index (χ1n) is 17.8. The van der Waals surface area contributed by atoms with Crippen molar-refractivity contribution in [1.29, 1.82) is 0 Å². The lowest BCUT2D eigenvalue weighted by atomic mass is 9.57. The molecular weight excluding hydrogens is 674 g/mol. The van der Waals surface area contributed by atoms with Gasteiger partial charge in [0.15, 0.2) is 17.3 Å². The number of phenols is 1. The fourth-order valence-electron chi connectivity index (χ4n) is 7.41. The third kappa shape index (κ3) is 8.81. The van der Waals surface area contributed by atoms with Crippen molar-refractivity contribution in [3.05, 3.63) is 99.9 Å². The molecule has 1 aliphatic heterocycles. The number of allylic oxidation sites excluding steroid dienone is 2. The van der Waals surface area contributed by atoms with Gasteiger partial charge in [0.25, 0.3) is 0 Å². The summed E-state index contributed by atoms with van der Waals surface area (Å²) in [6.07, 6.45) is 7.12. The number of fused-ring (bicyclic) bond motifs is 2. The van der Waals surface area contributed by atoms with Gasteiger partial charge in [0.1, 0.15) is 29.5 Å². The van der Waals surface area contributed by atoms with Crippen LogP contribution in [0.25, 0.3) is 12.2 Å². The van der Waals surface area contributed by atoms with Crippen LogP contribution >= 0.6 is 0 Å². The van der Waals surface area contributed by atoms with Crippen LogP contribution in [0, 0.1) is 11.3 Å². The van der Waals surface area contributed by atoms with Gasteiger partial charge in [-0.3, -0.25) is 10.6 Å². The third-order valence-electron chi connectivity index (χ3n) is 10.4. The van der Waals surface area contributed by atoms with E-state index >= 15 is 0 Å². The number of hydrazine groups is 1. The Kier molecular flexibility index (Phi) is 12.1. The van der Waals surface area contributed by atoms with Gasteiger partial charge >= 0.3 is 0 Å². The lowest BCUT2D eigenvalue weighted by molar-refractivity contribution is -0.187. The SMILES string of the molecule is COc1ccc(C(=O)CN/C=C(/COc2cc(/C=C/c3cc4c(c(OC)c3)O[C@]3(C)C[C@@H](O)[C@@H](O)C(C)(C)[C@H]3C4)cc(O)c2CC=C(C)C)NN)cc1. The molecule has 1 aliphatic carbocycles. The van der Waals surface area contributed by atoms with Crippen molar-refractivity contribution in [2.45, 2.75) is 71.7 Å². The largest absolute Gasteiger partial charge is 0.507 e. The van der Waals surface area contributed by atoms with Crippen LogP contribution < -0.4 is 35.5 Å². The number of methoxy groups -OCH3 is 2. The maximum Gasteiger partial charge on any atom is 0.181 e. The molecule has 0 amide bonds. The highest BCUT2D eigenvalue weighted by atomic mass is 16.5. The Morgan fingerprint density at radius 2 is 1.68 bits per heavy atom. The number of benzene rings is 3. The highest BCUT2D eigenvalue weighted by Crippen LogP contribution is 2.55. The van der Waals surface area contributed by atoms with Gasteiger partial charge < -0.3 is 45.0 Å². The molecule has 11 nitrogen and oxygen atoms in total. The van der Waals surface area contributed by atoms with Gasteiger partial charge in [0, 0.05) is 35.1 Å². The van der Waals surface area contributed by atoms with Crippen molar-refractivity contribution < 1.29 is 39.1 Å². The van der Waals surface area contributed by atoms with Gasteiger partial charge in [-0.15, -0.1) is 0 Å². The zero-order chi connectivity index (χ0) is 38.5. The number of carbonyl (C=O) groups excluding carboxylic acids is 1. The Labute approximate surface area is 312 Å². The first kappa shape index (κ1) is 39.2. The zero-order valence-electron chi connectivity index (χ0n) is 31.7. The number of rotatable bonds is 14. The number of aromatic hydroxyl groups is 1. The lowest BCUT2D eigenvalue weighted by Crippen LogP contribution is -2.63. The van der Waals surface area contributed by atoms with E-state index in [1.165, 1.54) is 0 Å². The van der Waals surface area contributed by atoms with E-state index in [0.29, 0.717) is 64.6 Å². The molecule has 3 aromatic rings. The van der Waals surface area contributed by atoms with Crippen LogP contribution in [0.3, 0.4) is 0 Å². The van der Waals surface area contributed by atoms with Gasteiger partial charge in [-0.25, -0.2) is 0 Å². The average molecular weight is 728 g/mol. The predicted molar refractivity (Wildman–Crippen MR) is 206 cm³/mol. The molecule has 0 radical (unpaired) electrons. The number of ether oxygens (including phenoxy) is 4. The molecule has 5 rings (SSSR count). The molecule has 0 saturated heterocycles. The summed E-state index contributed by atoms with van der Waals surface area (Å²) >= 11 is 0. The maximum absolute atomic E-state index is 12.6. The van der Waals surface area contributed by atoms with Crippen LogP contribution in [0.15, 0.2) is 72.1 Å². The number of aliphatic hydroxyl groups is 2. The van der Waals surface area contributed by atoms with E-state index in [2.05, 4.69) is 16.8 Å². The zero-order valence-corrected chi connectivity index (χ0v) is 31.7. The molecule has 1 heterocycles. The van der Waals surface area contributed by atoms with Crippen molar-refractivity contribution in [1.82, 2.24) is 10.7 Å². The quantitative estimate of drug-likeness (QED) is 0.0397. The molecule has 4 atom stereocenters. The van der Waals surface area contributed by atoms with Crippen molar-refractivity contribution in [2.24, 2.45) is 17.2 Å². The van der Waals surface area contributed by atoms with Crippen molar-refractivity contribution in [2.75, 3.05) is 27.4 Å². The van der Waals surface area contributed by atoms with Crippen LogP contribution in [-0.4, -0.2) is 66.3 Å². The summed E-state index contributed by atoms with van der Waals surface area (Å²) in [7, 11) is 3.17. The minimum Gasteiger partial charge on any atom is -0.507 e. The van der Waals surface area contributed by atoms with Crippen LogP contribution in [0.4, 0.5) is 0 Å². The van der Waals surface area contributed by atoms with Crippen LogP contribution in [0.5, 0.6) is 28.7 Å². The van der Waals surface area contributed by atoms with E-state index in [1.807, 2.05) is 65.0 Å². The summed E-state index contributed by atoms with van der Waals surface area (Å²) in [5.74, 6) is 8.13. The second kappa shape index (κ2) is 16.4. The van der Waals surface area contributed by atoms with Gasteiger partial charge in [-0.1, -0.05) is 37.6 Å². The lowest BCUT2D eigenvalue weighted by Gasteiger charge is -2.56. The maximum atomic E-state index is 12.6. The average Bonchev–Trinajstić information content (AvgIpc) is 3.13. The van der Waals surface area contributed by atoms with Crippen molar-refractivity contribution in [3.8, 4) is 28.7 Å². The monoisotopic (exact) mass is 727 g/mol. The number of nitrogens with two attached hydrogens (primary N) is 1. The number of Topliss-reactive ketones (excluding diaryl/α,β-unsaturated/α-hetero) is 1. The third-order valence-corrected chi connectivity index (χ3v) is 10.4. The van der Waals surface area contributed by atoms with Crippen LogP contribution in [-0.2, 0) is 12.8 Å². The summed E-state index contributed by atoms with van der Waals surface area (Å²) in [6, 6.07) is 14.4. The molecule has 0 unspecified atom stereocenters. The molecule has 0 bridgehead atoms. The van der Waals surface area contributed by atoms with E-state index in [-0.39, 0.29) is 30.6 Å². The topological polar surface area (TPSA) is 165 Å². The van der Waals surface area contributed by atoms with Crippen molar-refractivity contribution in [3.63, 3.8) is 0 Å². The van der Waals surface area contributed by atoms with E-state index in [4.69, 9.17) is 24.8 Å². The number of hydrogen-bond acceptors (Lipinski definition) is 11. The predicted octanol–water partition coefficient (Wildman–Crippen LogP) is 5.71. The van der Waals surface area contributed by atoms with Gasteiger partial charge in [-0.2, -0.15) is 0 Å². The first-order valence-corrected chi connectivity index (χ1v) is 17.8. The number of phenolic OH excluding ortho intramolecular Hbond substituents is 1. The van der Waals surface area contributed by atoms with Gasteiger partial charge in [0.05, 0.1) is 38.7 Å². The number of carbonyl (C=O) groups is 1. The van der Waals surface area contributed by atoms with Gasteiger partial charge in [0.2, 0.25) is 0 Å². The smallest absolute Gasteiger partial charge is 0.181 e. The minimum atomic E-state index is -0.882. The van der Waals surface area contributed by atoms with Crippen LogP contribution in [0.2, 0.25) is 0 Å². The Bertz CT molecular complexity index is 1880. The molecule has 11 heteroatoms. The van der Waals surface area contributed by atoms with Gasteiger partial charge in [-0.05, 0) is 98.8 Å². The number of hydrogen-bond donors (Lipinski definition) is 6. The molecule has 53 heavy (non-hydrogen) atoms. The molecule has 0 aromatic heterocycles. The summed E-state index contributed by atoms with van der Waals surface area (Å²) in [5.41, 5.74) is 6.67. The number of nitrogens with one attached hydrogen (secondary N) is 2. The Morgan fingerprint density at radius 3 is 2.32 bits per heavy atom.